The Kier molecular flexibility index (Phi) is 4.73. The summed E-state index contributed by atoms with van der Waals surface area (Å²) in [5.41, 5.74) is 3.26. The van der Waals surface area contributed by atoms with Gasteiger partial charge in [-0.3, -0.25) is 19.3 Å². The van der Waals surface area contributed by atoms with E-state index in [2.05, 4.69) is 5.32 Å². The fourth-order valence-corrected chi connectivity index (χ4v) is 4.21. The number of imide groups is 1. The van der Waals surface area contributed by atoms with Crippen LogP contribution >= 0.6 is 0 Å². The Bertz CT molecular complexity index is 1100. The van der Waals surface area contributed by atoms with Crippen LogP contribution in [0.2, 0.25) is 0 Å². The molecule has 0 saturated carbocycles. The Balaban J connectivity index is 1.44. The van der Waals surface area contributed by atoms with Crippen molar-refractivity contribution in [1.29, 1.82) is 0 Å². The standard InChI is InChI=1S/C24H22N2O5/c1-14(26-23(28)16-5-2-3-6-17(16)24(26)29)20(27)13-19-18-12-22-21(30-9-4-10-31-22)11-15(18)7-8-25-19/h2-3,5-6,11-14,25H,4,7-10H2,1H3. The van der Waals surface area contributed by atoms with Gasteiger partial charge in [0.25, 0.3) is 11.8 Å². The van der Waals surface area contributed by atoms with E-state index in [1.807, 2.05) is 12.1 Å². The fraction of sp³-hybridized carbons (Fsp3) is 0.292. The van der Waals surface area contributed by atoms with Crippen LogP contribution in [0.25, 0.3) is 5.70 Å². The van der Waals surface area contributed by atoms with Crippen molar-refractivity contribution in [2.45, 2.75) is 25.8 Å². The molecule has 2 amide bonds. The maximum Gasteiger partial charge on any atom is 0.262 e. The number of benzene rings is 2. The average molecular weight is 418 g/mol. The highest BCUT2D eigenvalue weighted by atomic mass is 16.5. The van der Waals surface area contributed by atoms with Gasteiger partial charge in [-0.1, -0.05) is 12.1 Å². The van der Waals surface area contributed by atoms with Crippen LogP contribution in [0.3, 0.4) is 0 Å². The van der Waals surface area contributed by atoms with Crippen LogP contribution in [-0.4, -0.2) is 48.3 Å². The number of nitrogens with zero attached hydrogens (tertiary/aromatic N) is 1. The first-order chi connectivity index (χ1) is 15.0. The number of ketones is 1. The lowest BCUT2D eigenvalue weighted by Crippen LogP contribution is -2.42. The van der Waals surface area contributed by atoms with Gasteiger partial charge < -0.3 is 14.8 Å². The van der Waals surface area contributed by atoms with Gasteiger partial charge in [0.2, 0.25) is 0 Å². The lowest BCUT2D eigenvalue weighted by atomic mass is 9.95. The van der Waals surface area contributed by atoms with Crippen molar-refractivity contribution in [1.82, 2.24) is 10.2 Å². The quantitative estimate of drug-likeness (QED) is 0.609. The highest BCUT2D eigenvalue weighted by Crippen LogP contribution is 2.36. The molecular formula is C24H22N2O5. The molecule has 7 heteroatoms. The van der Waals surface area contributed by atoms with Gasteiger partial charge in [0, 0.05) is 30.3 Å². The Hall–Kier alpha value is -3.61. The topological polar surface area (TPSA) is 84.9 Å². The third-order valence-electron chi connectivity index (χ3n) is 5.88. The van der Waals surface area contributed by atoms with Crippen LogP contribution in [0.5, 0.6) is 11.5 Å². The van der Waals surface area contributed by atoms with Gasteiger partial charge in [0.1, 0.15) is 6.04 Å². The van der Waals surface area contributed by atoms with E-state index in [-0.39, 0.29) is 5.78 Å². The Morgan fingerprint density at radius 2 is 1.68 bits per heavy atom. The van der Waals surface area contributed by atoms with E-state index in [1.54, 1.807) is 31.2 Å². The third-order valence-corrected chi connectivity index (χ3v) is 5.88. The second kappa shape index (κ2) is 7.58. The molecule has 1 unspecified atom stereocenters. The van der Waals surface area contributed by atoms with Crippen LogP contribution in [0.1, 0.15) is 45.2 Å². The van der Waals surface area contributed by atoms with E-state index in [0.717, 1.165) is 34.6 Å². The Morgan fingerprint density at radius 1 is 1.03 bits per heavy atom. The predicted octanol–water partition coefficient (Wildman–Crippen LogP) is 2.59. The molecule has 3 heterocycles. The minimum absolute atomic E-state index is 0.322. The molecule has 0 aromatic heterocycles. The van der Waals surface area contributed by atoms with E-state index in [9.17, 15) is 14.4 Å². The number of fused-ring (bicyclic) bond motifs is 3. The molecule has 7 nitrogen and oxygen atoms in total. The molecule has 3 aliphatic heterocycles. The summed E-state index contributed by atoms with van der Waals surface area (Å²) >= 11 is 0. The van der Waals surface area contributed by atoms with Crippen molar-refractivity contribution in [2.75, 3.05) is 19.8 Å². The zero-order valence-corrected chi connectivity index (χ0v) is 17.1. The highest BCUT2D eigenvalue weighted by Gasteiger charge is 2.40. The van der Waals surface area contributed by atoms with Crippen LogP contribution in [0.15, 0.2) is 42.5 Å². The van der Waals surface area contributed by atoms with E-state index in [0.29, 0.717) is 42.3 Å². The van der Waals surface area contributed by atoms with Crippen LogP contribution in [-0.2, 0) is 11.2 Å². The van der Waals surface area contributed by atoms with Crippen molar-refractivity contribution in [3.05, 3.63) is 64.7 Å². The zero-order chi connectivity index (χ0) is 21.5. The number of rotatable bonds is 3. The first-order valence-corrected chi connectivity index (χ1v) is 10.4. The second-order valence-electron chi connectivity index (χ2n) is 7.85. The molecule has 5 rings (SSSR count). The zero-order valence-electron chi connectivity index (χ0n) is 17.1. The van der Waals surface area contributed by atoms with Gasteiger partial charge in [0.15, 0.2) is 17.3 Å². The van der Waals surface area contributed by atoms with Crippen molar-refractivity contribution in [2.24, 2.45) is 0 Å². The first-order valence-electron chi connectivity index (χ1n) is 10.4. The van der Waals surface area contributed by atoms with Gasteiger partial charge in [-0.25, -0.2) is 0 Å². The largest absolute Gasteiger partial charge is 0.490 e. The third kappa shape index (κ3) is 3.26. The lowest BCUT2D eigenvalue weighted by Gasteiger charge is -2.24. The van der Waals surface area contributed by atoms with Gasteiger partial charge in [-0.05, 0) is 43.2 Å². The highest BCUT2D eigenvalue weighted by molar-refractivity contribution is 6.23. The molecule has 0 fully saturated rings. The fourth-order valence-electron chi connectivity index (χ4n) is 4.21. The summed E-state index contributed by atoms with van der Waals surface area (Å²) in [7, 11) is 0. The molecule has 158 valence electrons. The predicted molar refractivity (Wildman–Crippen MR) is 113 cm³/mol. The van der Waals surface area contributed by atoms with E-state index < -0.39 is 17.9 Å². The van der Waals surface area contributed by atoms with Crippen molar-refractivity contribution >= 4 is 23.3 Å². The molecule has 31 heavy (non-hydrogen) atoms. The molecule has 2 aromatic rings. The van der Waals surface area contributed by atoms with Crippen molar-refractivity contribution in [3.8, 4) is 11.5 Å². The molecule has 3 aliphatic rings. The lowest BCUT2D eigenvalue weighted by molar-refractivity contribution is -0.117. The monoisotopic (exact) mass is 418 g/mol. The minimum Gasteiger partial charge on any atom is -0.490 e. The summed E-state index contributed by atoms with van der Waals surface area (Å²) < 4.78 is 11.6. The summed E-state index contributed by atoms with van der Waals surface area (Å²) in [6, 6.07) is 9.60. The van der Waals surface area contributed by atoms with Crippen LogP contribution in [0, 0.1) is 0 Å². The Morgan fingerprint density at radius 3 is 2.35 bits per heavy atom. The van der Waals surface area contributed by atoms with Crippen LogP contribution in [0.4, 0.5) is 0 Å². The number of carbonyl (C=O) groups is 3. The normalized spacial score (nSPS) is 19.4. The maximum atomic E-state index is 13.1. The first kappa shape index (κ1) is 19.4. The molecular weight excluding hydrogens is 396 g/mol. The van der Waals surface area contributed by atoms with Gasteiger partial charge in [0.05, 0.1) is 24.3 Å². The molecule has 0 spiro atoms. The molecule has 2 aromatic carbocycles. The summed E-state index contributed by atoms with van der Waals surface area (Å²) in [5.74, 6) is 0.187. The SMILES string of the molecule is CC(C(=O)C=C1NCCc2cc3c(cc21)OCCCO3)N1C(=O)c2ccccc2C1=O. The van der Waals surface area contributed by atoms with E-state index >= 15 is 0 Å². The van der Waals surface area contributed by atoms with E-state index in [4.69, 9.17) is 9.47 Å². The number of nitrogens with one attached hydrogen (secondary N) is 1. The van der Waals surface area contributed by atoms with Crippen LogP contribution < -0.4 is 14.8 Å². The molecule has 1 N–H and O–H groups in total. The summed E-state index contributed by atoms with van der Waals surface area (Å²) in [6.07, 6.45) is 3.10. The summed E-state index contributed by atoms with van der Waals surface area (Å²) in [5, 5.41) is 3.27. The molecule has 1 atom stereocenters. The minimum atomic E-state index is -0.910. The smallest absolute Gasteiger partial charge is 0.262 e. The number of hydrogen-bond acceptors (Lipinski definition) is 6. The summed E-state index contributed by atoms with van der Waals surface area (Å²) in [6.45, 7) is 3.45. The summed E-state index contributed by atoms with van der Waals surface area (Å²) in [4.78, 5) is 39.6. The average Bonchev–Trinajstić information content (AvgIpc) is 2.92. The van der Waals surface area contributed by atoms with Crippen molar-refractivity contribution in [3.63, 3.8) is 0 Å². The number of ether oxygens (including phenoxy) is 2. The number of amides is 2. The van der Waals surface area contributed by atoms with E-state index in [1.165, 1.54) is 6.08 Å². The number of hydrogen-bond donors (Lipinski definition) is 1. The molecule has 0 saturated heterocycles. The van der Waals surface area contributed by atoms with Gasteiger partial charge in [-0.15, -0.1) is 0 Å². The Labute approximate surface area is 179 Å². The maximum absolute atomic E-state index is 13.1. The van der Waals surface area contributed by atoms with Gasteiger partial charge in [-0.2, -0.15) is 0 Å². The second-order valence-corrected chi connectivity index (χ2v) is 7.85. The molecule has 0 bridgehead atoms. The number of carbonyl (C=O) groups excluding carboxylic acids is 3. The van der Waals surface area contributed by atoms with Gasteiger partial charge >= 0.3 is 0 Å². The van der Waals surface area contributed by atoms with Crippen molar-refractivity contribution < 1.29 is 23.9 Å². The molecule has 0 aliphatic carbocycles. The molecule has 0 radical (unpaired) electrons.